The lowest BCUT2D eigenvalue weighted by atomic mass is 9.88. The molecule has 0 spiro atoms. The van der Waals surface area contributed by atoms with Gasteiger partial charge >= 0.3 is 5.97 Å². The lowest BCUT2D eigenvalue weighted by Crippen LogP contribution is -2.24. The number of aliphatic hydroxyl groups excluding tert-OH is 1. The summed E-state index contributed by atoms with van der Waals surface area (Å²) < 4.78 is 0. The number of carboxylic acid groups (broad SMARTS) is 1. The van der Waals surface area contributed by atoms with Gasteiger partial charge in [0.25, 0.3) is 0 Å². The van der Waals surface area contributed by atoms with Gasteiger partial charge in [-0.25, -0.2) is 4.79 Å². The van der Waals surface area contributed by atoms with E-state index in [1.807, 2.05) is 0 Å². The van der Waals surface area contributed by atoms with Gasteiger partial charge in [0.2, 0.25) is 0 Å². The number of hydrogen-bond donors (Lipinski definition) is 3. The van der Waals surface area contributed by atoms with Gasteiger partial charge in [-0.05, 0) is 36.5 Å². The van der Waals surface area contributed by atoms with Crippen molar-refractivity contribution >= 4 is 23.3 Å². The topological polar surface area (TPSA) is 69.6 Å². The highest BCUT2D eigenvalue weighted by Crippen LogP contribution is 2.26. The summed E-state index contributed by atoms with van der Waals surface area (Å²) in [6.07, 6.45) is 1.59. The van der Waals surface area contributed by atoms with Crippen LogP contribution in [0.4, 0.5) is 5.69 Å². The average molecular weight is 286 g/mol. The predicted octanol–water partition coefficient (Wildman–Crippen LogP) is 3.25. The molecule has 0 amide bonds. The first-order valence-electron chi connectivity index (χ1n) is 6.23. The standard InChI is InChI=1S/C14H20ClNO3/c1-14(2,6-3-7-17)9-16-12-8-10(15)4-5-11(12)13(18)19/h4-5,8,16-17H,3,6-7,9H2,1-2H3,(H,18,19). The molecule has 0 saturated carbocycles. The molecule has 19 heavy (non-hydrogen) atoms. The molecule has 0 aliphatic carbocycles. The summed E-state index contributed by atoms with van der Waals surface area (Å²) in [5.74, 6) is -0.979. The molecule has 106 valence electrons. The van der Waals surface area contributed by atoms with Crippen LogP contribution in [-0.2, 0) is 0 Å². The molecule has 1 aromatic carbocycles. The van der Waals surface area contributed by atoms with Crippen molar-refractivity contribution in [1.82, 2.24) is 0 Å². The minimum atomic E-state index is -0.979. The number of aliphatic hydroxyl groups is 1. The molecule has 0 unspecified atom stereocenters. The number of carboxylic acids is 1. The van der Waals surface area contributed by atoms with Crippen LogP contribution in [0.15, 0.2) is 18.2 Å². The van der Waals surface area contributed by atoms with E-state index in [1.165, 1.54) is 6.07 Å². The molecule has 0 radical (unpaired) electrons. The molecule has 0 aromatic heterocycles. The number of benzene rings is 1. The third-order valence-corrected chi connectivity index (χ3v) is 3.22. The minimum absolute atomic E-state index is 0.0270. The normalized spacial score (nSPS) is 11.4. The van der Waals surface area contributed by atoms with Crippen molar-refractivity contribution in [2.75, 3.05) is 18.5 Å². The van der Waals surface area contributed by atoms with Gasteiger partial charge in [-0.1, -0.05) is 25.4 Å². The van der Waals surface area contributed by atoms with Crippen molar-refractivity contribution in [2.24, 2.45) is 5.41 Å². The Hall–Kier alpha value is -1.26. The second kappa shape index (κ2) is 6.78. The van der Waals surface area contributed by atoms with Gasteiger partial charge in [0.1, 0.15) is 0 Å². The predicted molar refractivity (Wildman–Crippen MR) is 77.0 cm³/mol. The monoisotopic (exact) mass is 285 g/mol. The molecule has 1 rings (SSSR count). The Balaban J connectivity index is 2.76. The van der Waals surface area contributed by atoms with E-state index in [1.54, 1.807) is 12.1 Å². The number of anilines is 1. The van der Waals surface area contributed by atoms with Crippen LogP contribution in [0.5, 0.6) is 0 Å². The zero-order valence-electron chi connectivity index (χ0n) is 11.2. The first kappa shape index (κ1) is 15.8. The van der Waals surface area contributed by atoms with E-state index in [0.717, 1.165) is 12.8 Å². The summed E-state index contributed by atoms with van der Waals surface area (Å²) in [6.45, 7) is 4.93. The Morgan fingerprint density at radius 1 is 1.42 bits per heavy atom. The smallest absolute Gasteiger partial charge is 0.337 e. The van der Waals surface area contributed by atoms with Gasteiger partial charge in [-0.2, -0.15) is 0 Å². The van der Waals surface area contributed by atoms with Crippen LogP contribution < -0.4 is 5.32 Å². The molecule has 0 aliphatic heterocycles. The number of rotatable bonds is 7. The Bertz CT molecular complexity index is 446. The van der Waals surface area contributed by atoms with Crippen molar-refractivity contribution in [2.45, 2.75) is 26.7 Å². The van der Waals surface area contributed by atoms with Gasteiger partial charge in [-0.3, -0.25) is 0 Å². The van der Waals surface area contributed by atoms with Crippen LogP contribution in [0, 0.1) is 5.41 Å². The fourth-order valence-electron chi connectivity index (χ4n) is 1.83. The van der Waals surface area contributed by atoms with E-state index >= 15 is 0 Å². The van der Waals surface area contributed by atoms with Crippen molar-refractivity contribution in [3.8, 4) is 0 Å². The van der Waals surface area contributed by atoms with E-state index < -0.39 is 5.97 Å². The average Bonchev–Trinajstić information content (AvgIpc) is 2.34. The molecule has 0 heterocycles. The molecule has 3 N–H and O–H groups in total. The largest absolute Gasteiger partial charge is 0.478 e. The van der Waals surface area contributed by atoms with Gasteiger partial charge in [0.05, 0.1) is 11.3 Å². The first-order valence-corrected chi connectivity index (χ1v) is 6.61. The summed E-state index contributed by atoms with van der Waals surface area (Å²) >= 11 is 5.89. The van der Waals surface area contributed by atoms with Crippen molar-refractivity contribution < 1.29 is 15.0 Å². The van der Waals surface area contributed by atoms with Gasteiger partial charge < -0.3 is 15.5 Å². The Morgan fingerprint density at radius 2 is 2.11 bits per heavy atom. The fraction of sp³-hybridized carbons (Fsp3) is 0.500. The van der Waals surface area contributed by atoms with Gasteiger partial charge in [0.15, 0.2) is 0 Å². The maximum absolute atomic E-state index is 11.1. The molecule has 5 heteroatoms. The highest BCUT2D eigenvalue weighted by atomic mass is 35.5. The van der Waals surface area contributed by atoms with Gasteiger partial charge in [0, 0.05) is 18.2 Å². The third-order valence-electron chi connectivity index (χ3n) is 2.98. The highest BCUT2D eigenvalue weighted by Gasteiger charge is 2.18. The SMILES string of the molecule is CC(C)(CCCO)CNc1cc(Cl)ccc1C(=O)O. The van der Waals surface area contributed by atoms with E-state index in [9.17, 15) is 4.79 Å². The van der Waals surface area contributed by atoms with Crippen LogP contribution in [-0.4, -0.2) is 29.3 Å². The molecule has 1 aromatic rings. The second-order valence-corrected chi connectivity index (χ2v) is 5.78. The maximum Gasteiger partial charge on any atom is 0.337 e. The number of hydrogen-bond acceptors (Lipinski definition) is 3. The van der Waals surface area contributed by atoms with E-state index in [4.69, 9.17) is 21.8 Å². The Kier molecular flexibility index (Phi) is 5.63. The zero-order chi connectivity index (χ0) is 14.5. The van der Waals surface area contributed by atoms with Crippen LogP contribution in [0.3, 0.4) is 0 Å². The quantitative estimate of drug-likeness (QED) is 0.719. The third kappa shape index (κ3) is 5.09. The van der Waals surface area contributed by atoms with E-state index in [0.29, 0.717) is 17.3 Å². The summed E-state index contributed by atoms with van der Waals surface area (Å²) in [5, 5.41) is 21.6. The van der Waals surface area contributed by atoms with Crippen molar-refractivity contribution in [1.29, 1.82) is 0 Å². The Morgan fingerprint density at radius 3 is 2.68 bits per heavy atom. The molecule has 4 nitrogen and oxygen atoms in total. The highest BCUT2D eigenvalue weighted by molar-refractivity contribution is 6.31. The number of halogens is 1. The summed E-state index contributed by atoms with van der Waals surface area (Å²) in [5.41, 5.74) is 0.709. The van der Waals surface area contributed by atoms with Crippen molar-refractivity contribution in [3.63, 3.8) is 0 Å². The molecule has 0 atom stereocenters. The molecular weight excluding hydrogens is 266 g/mol. The lowest BCUT2D eigenvalue weighted by Gasteiger charge is -2.25. The zero-order valence-corrected chi connectivity index (χ0v) is 12.0. The van der Waals surface area contributed by atoms with Crippen molar-refractivity contribution in [3.05, 3.63) is 28.8 Å². The van der Waals surface area contributed by atoms with Gasteiger partial charge in [-0.15, -0.1) is 0 Å². The lowest BCUT2D eigenvalue weighted by molar-refractivity contribution is 0.0698. The molecular formula is C14H20ClNO3. The Labute approximate surface area is 118 Å². The molecule has 0 bridgehead atoms. The number of aromatic carboxylic acids is 1. The number of carbonyl (C=O) groups is 1. The molecule has 0 aliphatic rings. The van der Waals surface area contributed by atoms with Crippen LogP contribution in [0.2, 0.25) is 5.02 Å². The molecule has 0 fully saturated rings. The van der Waals surface area contributed by atoms with Crippen LogP contribution in [0.25, 0.3) is 0 Å². The fourth-order valence-corrected chi connectivity index (χ4v) is 2.00. The maximum atomic E-state index is 11.1. The van der Waals surface area contributed by atoms with Crippen LogP contribution >= 0.6 is 11.6 Å². The first-order chi connectivity index (χ1) is 8.85. The van der Waals surface area contributed by atoms with Crippen LogP contribution in [0.1, 0.15) is 37.0 Å². The molecule has 0 saturated heterocycles. The van der Waals surface area contributed by atoms with E-state index in [2.05, 4.69) is 19.2 Å². The number of nitrogens with one attached hydrogen (secondary N) is 1. The minimum Gasteiger partial charge on any atom is -0.478 e. The summed E-state index contributed by atoms with van der Waals surface area (Å²) in [7, 11) is 0. The summed E-state index contributed by atoms with van der Waals surface area (Å²) in [4.78, 5) is 11.1. The summed E-state index contributed by atoms with van der Waals surface area (Å²) in [6, 6.07) is 4.67. The van der Waals surface area contributed by atoms with E-state index in [-0.39, 0.29) is 17.6 Å². The second-order valence-electron chi connectivity index (χ2n) is 5.34.